The third-order valence-corrected chi connectivity index (χ3v) is 4.26. The Hall–Kier alpha value is -1.78. The van der Waals surface area contributed by atoms with Crippen LogP contribution in [0.15, 0.2) is 33.5 Å². The highest BCUT2D eigenvalue weighted by atomic mass is 35.5. The van der Waals surface area contributed by atoms with Crippen molar-refractivity contribution in [3.63, 3.8) is 0 Å². The van der Waals surface area contributed by atoms with E-state index in [4.69, 9.17) is 27.6 Å². The molecule has 1 aliphatic carbocycles. The fourth-order valence-corrected chi connectivity index (χ4v) is 2.94. The second kappa shape index (κ2) is 5.78. The lowest BCUT2D eigenvalue weighted by atomic mass is 10.2. The molecule has 1 aliphatic heterocycles. The molecule has 0 aromatic heterocycles. The Kier molecular flexibility index (Phi) is 3.98. The third kappa shape index (κ3) is 2.42. The molecule has 1 aromatic rings. The molecule has 0 N–H and O–H groups in total. The van der Waals surface area contributed by atoms with E-state index in [-0.39, 0.29) is 15.8 Å². The molecule has 0 saturated carbocycles. The summed E-state index contributed by atoms with van der Waals surface area (Å²) in [4.78, 5) is 18.5. The van der Waals surface area contributed by atoms with E-state index in [1.54, 1.807) is 0 Å². The van der Waals surface area contributed by atoms with Crippen LogP contribution in [-0.4, -0.2) is 18.1 Å². The Morgan fingerprint density at radius 1 is 1.18 bits per heavy atom. The van der Waals surface area contributed by atoms with Gasteiger partial charge in [-0.3, -0.25) is 4.79 Å². The van der Waals surface area contributed by atoms with Gasteiger partial charge in [-0.2, -0.15) is 0 Å². The van der Waals surface area contributed by atoms with Crippen molar-refractivity contribution in [2.75, 3.05) is 18.0 Å². The molecule has 114 valence electrons. The average molecular weight is 337 g/mol. The highest BCUT2D eigenvalue weighted by Gasteiger charge is 2.18. The molecule has 0 saturated heterocycles. The number of benzene rings is 2. The molecule has 1 heterocycles. The normalized spacial score (nSPS) is 11.3. The number of nitrogens with zero attached hydrogens (tertiary/aromatic N) is 2. The summed E-state index contributed by atoms with van der Waals surface area (Å²) >= 11 is 11.9. The summed E-state index contributed by atoms with van der Waals surface area (Å²) in [6, 6.07) is 7.27. The maximum atomic E-state index is 11.8. The van der Waals surface area contributed by atoms with E-state index >= 15 is 0 Å². The maximum Gasteiger partial charge on any atom is 0.219 e. The minimum Gasteiger partial charge on any atom is -0.451 e. The Balaban J connectivity index is 2.28. The molecule has 1 aromatic carbocycles. The van der Waals surface area contributed by atoms with Gasteiger partial charge in [0.05, 0.1) is 5.02 Å². The lowest BCUT2D eigenvalue weighted by Crippen LogP contribution is -2.21. The van der Waals surface area contributed by atoms with Crippen molar-refractivity contribution in [2.24, 2.45) is 0 Å². The van der Waals surface area contributed by atoms with Gasteiger partial charge in [0.15, 0.2) is 11.3 Å². The van der Waals surface area contributed by atoms with Crippen LogP contribution in [0.25, 0.3) is 22.6 Å². The quantitative estimate of drug-likeness (QED) is 0.663. The summed E-state index contributed by atoms with van der Waals surface area (Å²) < 4.78 is 5.81. The van der Waals surface area contributed by atoms with Gasteiger partial charge in [-0.15, -0.1) is 0 Å². The van der Waals surface area contributed by atoms with Crippen LogP contribution in [0, 0.1) is 0 Å². The van der Waals surface area contributed by atoms with Crippen molar-refractivity contribution in [1.82, 2.24) is 4.98 Å². The number of hydrogen-bond acceptors (Lipinski definition) is 4. The van der Waals surface area contributed by atoms with E-state index < -0.39 is 5.43 Å². The number of rotatable bonds is 3. The first kappa shape index (κ1) is 15.1. The van der Waals surface area contributed by atoms with Gasteiger partial charge in [-0.05, 0) is 32.0 Å². The summed E-state index contributed by atoms with van der Waals surface area (Å²) in [5, 5.41) is 0.00412. The Bertz CT molecular complexity index is 872. The first-order valence-electron chi connectivity index (χ1n) is 7.02. The molecule has 0 radical (unpaired) electrons. The lowest BCUT2D eigenvalue weighted by Gasteiger charge is -2.21. The molecule has 0 atom stereocenters. The number of fused-ring (bicyclic) bond motifs is 2. The van der Waals surface area contributed by atoms with Crippen molar-refractivity contribution in [1.29, 1.82) is 0 Å². The molecule has 0 amide bonds. The first-order chi connectivity index (χ1) is 10.5. The van der Waals surface area contributed by atoms with Gasteiger partial charge in [-0.25, -0.2) is 4.98 Å². The average Bonchev–Trinajstić information content (AvgIpc) is 2.53. The van der Waals surface area contributed by atoms with E-state index in [1.165, 1.54) is 6.07 Å². The maximum absolute atomic E-state index is 11.8. The minimum atomic E-state index is -0.444. The number of aromatic nitrogens is 1. The van der Waals surface area contributed by atoms with Crippen LogP contribution in [0.3, 0.4) is 0 Å². The molecule has 0 bridgehead atoms. The first-order valence-corrected chi connectivity index (χ1v) is 7.78. The van der Waals surface area contributed by atoms with Crippen LogP contribution in [0.1, 0.15) is 13.8 Å². The second-order valence-electron chi connectivity index (χ2n) is 4.89. The molecule has 4 nitrogen and oxygen atoms in total. The molecular weight excluding hydrogens is 323 g/mol. The highest BCUT2D eigenvalue weighted by molar-refractivity contribution is 6.36. The van der Waals surface area contributed by atoms with Crippen LogP contribution in [0.2, 0.25) is 10.0 Å². The molecule has 22 heavy (non-hydrogen) atoms. The summed E-state index contributed by atoms with van der Waals surface area (Å²) in [5.74, 6) is 0.264. The van der Waals surface area contributed by atoms with Gasteiger partial charge in [0, 0.05) is 24.8 Å². The summed E-state index contributed by atoms with van der Waals surface area (Å²) in [6.07, 6.45) is 0. The Labute approximate surface area is 137 Å². The monoisotopic (exact) mass is 336 g/mol. The number of halogens is 2. The van der Waals surface area contributed by atoms with Gasteiger partial charge >= 0.3 is 0 Å². The van der Waals surface area contributed by atoms with Gasteiger partial charge < -0.3 is 9.32 Å². The van der Waals surface area contributed by atoms with Crippen molar-refractivity contribution in [3.05, 3.63) is 44.5 Å². The van der Waals surface area contributed by atoms with Crippen LogP contribution in [0.4, 0.5) is 5.69 Å². The minimum absolute atomic E-state index is 0.0369. The van der Waals surface area contributed by atoms with Gasteiger partial charge in [0.2, 0.25) is 5.43 Å². The van der Waals surface area contributed by atoms with Gasteiger partial charge in [-0.1, -0.05) is 23.2 Å². The summed E-state index contributed by atoms with van der Waals surface area (Å²) in [6.45, 7) is 5.96. The second-order valence-corrected chi connectivity index (χ2v) is 5.67. The van der Waals surface area contributed by atoms with E-state index in [0.717, 1.165) is 18.8 Å². The summed E-state index contributed by atoms with van der Waals surface area (Å²) in [7, 11) is 0. The summed E-state index contributed by atoms with van der Waals surface area (Å²) in [5.41, 5.74) is 2.34. The van der Waals surface area contributed by atoms with Crippen LogP contribution in [-0.2, 0) is 0 Å². The molecule has 0 spiro atoms. The zero-order valence-electron chi connectivity index (χ0n) is 12.2. The standard InChI is InChI=1S/C16H14Cl2N2O2/c1-3-20(4-2)9-5-6-11-13(7-9)22-16-12(19-11)8-10(17)15(21)14(16)18/h5-8H,3-4H2,1-2H3. The van der Waals surface area contributed by atoms with E-state index in [9.17, 15) is 4.79 Å². The van der Waals surface area contributed by atoms with Crippen molar-refractivity contribution < 1.29 is 4.42 Å². The van der Waals surface area contributed by atoms with E-state index in [2.05, 4.69) is 23.7 Å². The fraction of sp³-hybridized carbons (Fsp3) is 0.250. The fourth-order valence-electron chi connectivity index (χ4n) is 2.45. The van der Waals surface area contributed by atoms with Crippen LogP contribution < -0.4 is 10.3 Å². The van der Waals surface area contributed by atoms with Crippen molar-refractivity contribution in [3.8, 4) is 11.5 Å². The molecule has 6 heteroatoms. The van der Waals surface area contributed by atoms with Crippen LogP contribution >= 0.6 is 23.2 Å². The molecule has 3 rings (SSSR count). The lowest BCUT2D eigenvalue weighted by molar-refractivity contribution is 0.612. The van der Waals surface area contributed by atoms with Crippen molar-refractivity contribution >= 4 is 40.0 Å². The zero-order valence-corrected chi connectivity index (χ0v) is 13.7. The SMILES string of the molecule is CCN(CC)c1ccc2nc3cc(Cl)c(=O)c(Cl)c-3oc2c1. The highest BCUT2D eigenvalue weighted by Crippen LogP contribution is 2.32. The number of hydrogen-bond donors (Lipinski definition) is 0. The molecule has 0 unspecified atom stereocenters. The molecular formula is C16H14Cl2N2O2. The Morgan fingerprint density at radius 3 is 2.59 bits per heavy atom. The Morgan fingerprint density at radius 2 is 1.91 bits per heavy atom. The van der Waals surface area contributed by atoms with E-state index in [1.807, 2.05) is 18.2 Å². The van der Waals surface area contributed by atoms with Crippen molar-refractivity contribution in [2.45, 2.75) is 13.8 Å². The zero-order chi connectivity index (χ0) is 15.9. The van der Waals surface area contributed by atoms with Gasteiger partial charge in [0.1, 0.15) is 16.2 Å². The smallest absolute Gasteiger partial charge is 0.219 e. The topological polar surface area (TPSA) is 46.3 Å². The van der Waals surface area contributed by atoms with Crippen LogP contribution in [0.5, 0.6) is 0 Å². The van der Waals surface area contributed by atoms with Gasteiger partial charge in [0.25, 0.3) is 0 Å². The third-order valence-electron chi connectivity index (χ3n) is 3.64. The van der Waals surface area contributed by atoms with E-state index in [0.29, 0.717) is 16.8 Å². The largest absolute Gasteiger partial charge is 0.451 e. The predicted octanol–water partition coefficient (Wildman–Crippen LogP) is 4.45. The molecule has 0 fully saturated rings. The molecule has 2 aliphatic rings. The number of anilines is 1. The predicted molar refractivity (Wildman–Crippen MR) is 90.5 cm³/mol.